The van der Waals surface area contributed by atoms with Crippen LogP contribution in [0.4, 0.5) is 5.69 Å². The molecule has 1 fully saturated rings. The van der Waals surface area contributed by atoms with Crippen LogP contribution in [0.2, 0.25) is 0 Å². The van der Waals surface area contributed by atoms with Crippen molar-refractivity contribution in [1.29, 1.82) is 0 Å². The Kier molecular flexibility index (Phi) is 6.24. The van der Waals surface area contributed by atoms with Crippen LogP contribution in [0.15, 0.2) is 60.2 Å². The van der Waals surface area contributed by atoms with Crippen molar-refractivity contribution in [2.24, 2.45) is 0 Å². The molecule has 9 heteroatoms. The minimum atomic E-state index is -0.959. The number of benzene rings is 2. The van der Waals surface area contributed by atoms with Crippen LogP contribution in [0, 0.1) is 10.1 Å². The number of rotatable bonds is 7. The van der Waals surface area contributed by atoms with Gasteiger partial charge in [-0.25, -0.2) is 0 Å². The molecule has 0 aromatic heterocycles. The van der Waals surface area contributed by atoms with Gasteiger partial charge in [0.15, 0.2) is 6.29 Å². The van der Waals surface area contributed by atoms with Gasteiger partial charge < -0.3 is 19.5 Å². The van der Waals surface area contributed by atoms with E-state index in [1.165, 1.54) is 43.4 Å². The van der Waals surface area contributed by atoms with Gasteiger partial charge in [0.1, 0.15) is 5.76 Å². The molecule has 1 amide bonds. The second-order valence-electron chi connectivity index (χ2n) is 6.57. The Morgan fingerprint density at radius 3 is 2.23 bits per heavy atom. The van der Waals surface area contributed by atoms with Crippen molar-refractivity contribution in [3.05, 3.63) is 81.4 Å². The number of ketones is 1. The molecule has 2 aromatic carbocycles. The zero-order valence-electron chi connectivity index (χ0n) is 16.3. The van der Waals surface area contributed by atoms with Crippen LogP contribution >= 0.6 is 0 Å². The number of non-ortho nitro benzene ring substituents is 1. The molecule has 1 unspecified atom stereocenters. The van der Waals surface area contributed by atoms with Gasteiger partial charge >= 0.3 is 0 Å². The number of aliphatic hydroxyl groups excluding tert-OH is 1. The van der Waals surface area contributed by atoms with Gasteiger partial charge in [-0.3, -0.25) is 19.7 Å². The molecule has 1 saturated heterocycles. The lowest BCUT2D eigenvalue weighted by atomic mass is 9.95. The third-order valence-corrected chi connectivity index (χ3v) is 4.88. The number of nitro groups is 1. The molecule has 1 heterocycles. The van der Waals surface area contributed by atoms with Gasteiger partial charge in [0.05, 0.1) is 23.1 Å². The molecule has 1 aliphatic rings. The number of amides is 1. The van der Waals surface area contributed by atoms with E-state index in [1.807, 2.05) is 0 Å². The molecule has 0 radical (unpaired) electrons. The van der Waals surface area contributed by atoms with Gasteiger partial charge in [-0.15, -0.1) is 0 Å². The molecule has 0 saturated carbocycles. The van der Waals surface area contributed by atoms with Crippen LogP contribution in [0.5, 0.6) is 0 Å². The number of ether oxygens (including phenoxy) is 2. The first-order valence-corrected chi connectivity index (χ1v) is 9.02. The van der Waals surface area contributed by atoms with Gasteiger partial charge in [0.25, 0.3) is 17.4 Å². The highest BCUT2D eigenvalue weighted by Gasteiger charge is 2.46. The van der Waals surface area contributed by atoms with Gasteiger partial charge in [-0.2, -0.15) is 0 Å². The van der Waals surface area contributed by atoms with E-state index >= 15 is 0 Å². The Morgan fingerprint density at radius 1 is 1.10 bits per heavy atom. The van der Waals surface area contributed by atoms with E-state index in [-0.39, 0.29) is 23.6 Å². The number of Topliss-reactive ketones (excluding diaryl/α,β-unsaturated/α-hetero) is 1. The number of nitro benzene ring substituents is 1. The fraction of sp³-hybridized carbons (Fsp3) is 0.238. The lowest BCUT2D eigenvalue weighted by molar-refractivity contribution is -0.384. The van der Waals surface area contributed by atoms with Crippen molar-refractivity contribution in [3.8, 4) is 0 Å². The molecular formula is C21H20N2O7. The first kappa shape index (κ1) is 21.2. The van der Waals surface area contributed by atoms with Crippen molar-refractivity contribution >= 4 is 23.1 Å². The van der Waals surface area contributed by atoms with Crippen molar-refractivity contribution in [2.45, 2.75) is 12.3 Å². The topological polar surface area (TPSA) is 119 Å². The molecule has 1 aliphatic heterocycles. The molecule has 0 bridgehead atoms. The van der Waals surface area contributed by atoms with E-state index in [0.717, 1.165) is 0 Å². The summed E-state index contributed by atoms with van der Waals surface area (Å²) in [5.41, 5.74) is 0.567. The second kappa shape index (κ2) is 8.85. The zero-order valence-corrected chi connectivity index (χ0v) is 16.3. The second-order valence-corrected chi connectivity index (χ2v) is 6.57. The number of hydrogen-bond donors (Lipinski definition) is 1. The Labute approximate surface area is 172 Å². The van der Waals surface area contributed by atoms with E-state index in [1.54, 1.807) is 30.3 Å². The maximum absolute atomic E-state index is 12.8. The maximum Gasteiger partial charge on any atom is 0.295 e. The van der Waals surface area contributed by atoms with Crippen LogP contribution < -0.4 is 0 Å². The van der Waals surface area contributed by atoms with Crippen LogP contribution in [0.25, 0.3) is 5.76 Å². The molecular weight excluding hydrogens is 392 g/mol. The van der Waals surface area contributed by atoms with Gasteiger partial charge in [0, 0.05) is 31.9 Å². The summed E-state index contributed by atoms with van der Waals surface area (Å²) in [4.78, 5) is 37.3. The first-order valence-electron chi connectivity index (χ1n) is 9.02. The summed E-state index contributed by atoms with van der Waals surface area (Å²) >= 11 is 0. The number of hydrogen-bond acceptors (Lipinski definition) is 7. The number of carbonyl (C=O) groups is 2. The molecule has 30 heavy (non-hydrogen) atoms. The van der Waals surface area contributed by atoms with Crippen molar-refractivity contribution < 1.29 is 29.1 Å². The molecule has 0 aliphatic carbocycles. The fourth-order valence-electron chi connectivity index (χ4n) is 3.35. The Morgan fingerprint density at radius 2 is 1.70 bits per heavy atom. The van der Waals surface area contributed by atoms with E-state index in [2.05, 4.69) is 0 Å². The van der Waals surface area contributed by atoms with Crippen LogP contribution in [-0.2, 0) is 19.1 Å². The summed E-state index contributed by atoms with van der Waals surface area (Å²) < 4.78 is 10.3. The molecule has 1 N–H and O–H groups in total. The summed E-state index contributed by atoms with van der Waals surface area (Å²) in [5.74, 6) is -2.01. The molecule has 0 spiro atoms. The van der Waals surface area contributed by atoms with Crippen molar-refractivity contribution in [2.75, 3.05) is 20.8 Å². The number of likely N-dealkylation sites (tertiary alicyclic amines) is 1. The average molecular weight is 412 g/mol. The zero-order chi connectivity index (χ0) is 21.8. The summed E-state index contributed by atoms with van der Waals surface area (Å²) in [6, 6.07) is 12.9. The molecule has 156 valence electrons. The maximum atomic E-state index is 12.8. The normalized spacial score (nSPS) is 18.2. The highest BCUT2D eigenvalue weighted by molar-refractivity contribution is 6.46. The molecule has 3 rings (SSSR count). The third kappa shape index (κ3) is 3.93. The summed E-state index contributed by atoms with van der Waals surface area (Å²) in [7, 11) is 2.80. The van der Waals surface area contributed by atoms with Crippen molar-refractivity contribution in [3.63, 3.8) is 0 Å². The Balaban J connectivity index is 2.15. The van der Waals surface area contributed by atoms with E-state index in [9.17, 15) is 24.8 Å². The standard InChI is InChI=1S/C21H20N2O7/c1-29-16(30-2)12-22-18(13-8-10-15(11-9-13)23(27)28)17(20(25)21(22)26)19(24)14-6-4-3-5-7-14/h3-11,16,18,24H,12H2,1-2H3. The lowest BCUT2D eigenvalue weighted by Crippen LogP contribution is -2.38. The number of carbonyl (C=O) groups excluding carboxylic acids is 2. The smallest absolute Gasteiger partial charge is 0.295 e. The largest absolute Gasteiger partial charge is 0.507 e. The average Bonchev–Trinajstić information content (AvgIpc) is 3.02. The van der Waals surface area contributed by atoms with E-state index in [4.69, 9.17) is 9.47 Å². The molecule has 1 atom stereocenters. The fourth-order valence-corrected chi connectivity index (χ4v) is 3.35. The monoisotopic (exact) mass is 412 g/mol. The number of methoxy groups -OCH3 is 2. The summed E-state index contributed by atoms with van der Waals surface area (Å²) in [5, 5.41) is 21.8. The summed E-state index contributed by atoms with van der Waals surface area (Å²) in [6.07, 6.45) is -0.805. The van der Waals surface area contributed by atoms with Crippen LogP contribution in [-0.4, -0.2) is 53.7 Å². The first-order chi connectivity index (χ1) is 14.4. The Hall–Kier alpha value is -3.56. The summed E-state index contributed by atoms with van der Waals surface area (Å²) in [6.45, 7) is -0.0786. The van der Waals surface area contributed by atoms with Gasteiger partial charge in [-0.05, 0) is 17.7 Å². The van der Waals surface area contributed by atoms with Crippen LogP contribution in [0.1, 0.15) is 17.2 Å². The third-order valence-electron chi connectivity index (χ3n) is 4.88. The predicted octanol–water partition coefficient (Wildman–Crippen LogP) is 2.64. The van der Waals surface area contributed by atoms with E-state index in [0.29, 0.717) is 11.1 Å². The predicted molar refractivity (Wildman–Crippen MR) is 106 cm³/mol. The quantitative estimate of drug-likeness (QED) is 0.185. The van der Waals surface area contributed by atoms with E-state index < -0.39 is 28.9 Å². The van der Waals surface area contributed by atoms with Gasteiger partial charge in [-0.1, -0.05) is 30.3 Å². The Bertz CT molecular complexity index is 982. The SMILES string of the molecule is COC(CN1C(=O)C(=O)C(=C(O)c2ccccc2)C1c1ccc([N+](=O)[O-])cc1)OC. The minimum Gasteiger partial charge on any atom is -0.507 e. The van der Waals surface area contributed by atoms with Crippen LogP contribution in [0.3, 0.4) is 0 Å². The van der Waals surface area contributed by atoms with Gasteiger partial charge in [0.2, 0.25) is 0 Å². The highest BCUT2D eigenvalue weighted by atomic mass is 16.7. The molecule has 9 nitrogen and oxygen atoms in total. The lowest BCUT2D eigenvalue weighted by Gasteiger charge is -2.28. The minimum absolute atomic E-state index is 0.0786. The highest BCUT2D eigenvalue weighted by Crippen LogP contribution is 2.39. The number of nitrogens with zero attached hydrogens (tertiary/aromatic N) is 2. The van der Waals surface area contributed by atoms with Crippen molar-refractivity contribution in [1.82, 2.24) is 4.90 Å². The number of aliphatic hydroxyl groups is 1. The molecule has 2 aromatic rings.